The largest absolute Gasteiger partial charge is 0.479 e. The predicted octanol–water partition coefficient (Wildman–Crippen LogP) is -1.04. The molecule has 1 atom stereocenters. The van der Waals surface area contributed by atoms with Gasteiger partial charge in [-0.15, -0.1) is 0 Å². The fraction of sp³-hybridized carbons (Fsp3) is 0.600. The van der Waals surface area contributed by atoms with E-state index in [-0.39, 0.29) is 0 Å². The second-order valence-corrected chi connectivity index (χ2v) is 2.00. The lowest BCUT2D eigenvalue weighted by Gasteiger charge is -2.14. The van der Waals surface area contributed by atoms with Crippen LogP contribution >= 0.6 is 0 Å². The van der Waals surface area contributed by atoms with Gasteiger partial charge in [-0.05, 0) is 6.92 Å². The number of carbonyl (C=O) groups is 2. The molecule has 0 aromatic heterocycles. The molecule has 0 fully saturated rings. The van der Waals surface area contributed by atoms with Crippen LogP contribution in [0.25, 0.3) is 0 Å². The van der Waals surface area contributed by atoms with Crippen molar-refractivity contribution in [3.05, 3.63) is 0 Å². The average molecular weight is 147 g/mol. The zero-order valence-electron chi connectivity index (χ0n) is 5.75. The van der Waals surface area contributed by atoms with Gasteiger partial charge in [-0.1, -0.05) is 0 Å². The fourth-order valence-electron chi connectivity index (χ4n) is 0.299. The van der Waals surface area contributed by atoms with Crippen LogP contribution in [0.3, 0.4) is 0 Å². The van der Waals surface area contributed by atoms with E-state index >= 15 is 0 Å². The minimum atomic E-state index is -1.94. The molecule has 58 valence electrons. The fourth-order valence-corrected chi connectivity index (χ4v) is 0.299. The molecule has 0 heterocycles. The molecule has 0 aliphatic heterocycles. The third kappa shape index (κ3) is 1.44. The van der Waals surface area contributed by atoms with E-state index in [0.717, 1.165) is 14.0 Å². The molecule has 1 unspecified atom stereocenters. The highest BCUT2D eigenvalue weighted by Gasteiger charge is 2.37. The van der Waals surface area contributed by atoms with Crippen LogP contribution in [0.5, 0.6) is 0 Å². The molecule has 0 aliphatic rings. The summed E-state index contributed by atoms with van der Waals surface area (Å²) >= 11 is 0. The van der Waals surface area contributed by atoms with Crippen LogP contribution in [0.1, 0.15) is 6.92 Å². The minimum absolute atomic E-state index is 0.958. The van der Waals surface area contributed by atoms with E-state index in [1.807, 2.05) is 0 Å². The first-order valence-corrected chi connectivity index (χ1v) is 2.53. The van der Waals surface area contributed by atoms with E-state index in [9.17, 15) is 9.59 Å². The third-order valence-electron chi connectivity index (χ3n) is 1.05. The van der Waals surface area contributed by atoms with Crippen molar-refractivity contribution < 1.29 is 19.4 Å². The van der Waals surface area contributed by atoms with Gasteiger partial charge >= 0.3 is 11.9 Å². The summed E-state index contributed by atoms with van der Waals surface area (Å²) in [5.74, 6) is -2.36. The Morgan fingerprint density at radius 1 is 1.60 bits per heavy atom. The molecule has 0 spiro atoms. The Hall–Kier alpha value is -1.10. The summed E-state index contributed by atoms with van der Waals surface area (Å²) in [6.07, 6.45) is 0. The Morgan fingerprint density at radius 3 is 2.10 bits per heavy atom. The normalized spacial score (nSPS) is 15.5. The Morgan fingerprint density at radius 2 is 2.00 bits per heavy atom. The van der Waals surface area contributed by atoms with Gasteiger partial charge in [0.15, 0.2) is 0 Å². The van der Waals surface area contributed by atoms with Crippen molar-refractivity contribution in [2.24, 2.45) is 5.73 Å². The number of carboxylic acids is 1. The van der Waals surface area contributed by atoms with Gasteiger partial charge in [0.05, 0.1) is 7.11 Å². The number of carboxylic acid groups (broad SMARTS) is 1. The van der Waals surface area contributed by atoms with Gasteiger partial charge < -0.3 is 15.6 Å². The van der Waals surface area contributed by atoms with Crippen LogP contribution in [0, 0.1) is 0 Å². The molecule has 0 saturated carbocycles. The number of methoxy groups -OCH3 is 1. The Kier molecular flexibility index (Phi) is 2.36. The molecule has 3 N–H and O–H groups in total. The van der Waals surface area contributed by atoms with Gasteiger partial charge in [0.25, 0.3) is 0 Å². The van der Waals surface area contributed by atoms with Gasteiger partial charge in [-0.2, -0.15) is 0 Å². The summed E-state index contributed by atoms with van der Waals surface area (Å²) in [6, 6.07) is 0. The third-order valence-corrected chi connectivity index (χ3v) is 1.05. The van der Waals surface area contributed by atoms with Crippen LogP contribution in [0.15, 0.2) is 0 Å². The van der Waals surface area contributed by atoms with Crippen molar-refractivity contribution in [3.63, 3.8) is 0 Å². The van der Waals surface area contributed by atoms with Crippen molar-refractivity contribution in [2.75, 3.05) is 7.11 Å². The number of aliphatic carboxylic acids is 1. The van der Waals surface area contributed by atoms with Gasteiger partial charge in [-0.3, -0.25) is 0 Å². The van der Waals surface area contributed by atoms with Crippen LogP contribution < -0.4 is 5.73 Å². The summed E-state index contributed by atoms with van der Waals surface area (Å²) in [7, 11) is 1.08. The lowest BCUT2D eigenvalue weighted by atomic mass is 10.1. The van der Waals surface area contributed by atoms with Crippen LogP contribution in [0.2, 0.25) is 0 Å². The Bertz CT molecular complexity index is 163. The second-order valence-electron chi connectivity index (χ2n) is 2.00. The average Bonchev–Trinajstić information content (AvgIpc) is 1.86. The standard InChI is InChI=1S/C5H9NO4/c1-5(6,3(7)8)4(9)10-2/h6H2,1-2H3,(H,7,8). The number of hydrogen-bond acceptors (Lipinski definition) is 4. The van der Waals surface area contributed by atoms with Crippen molar-refractivity contribution in [1.82, 2.24) is 0 Å². The van der Waals surface area contributed by atoms with Gasteiger partial charge in [0, 0.05) is 0 Å². The van der Waals surface area contributed by atoms with E-state index in [4.69, 9.17) is 10.8 Å². The molecule has 5 nitrogen and oxygen atoms in total. The Balaban J connectivity index is 4.40. The van der Waals surface area contributed by atoms with E-state index in [2.05, 4.69) is 4.74 Å². The maximum atomic E-state index is 10.5. The zero-order valence-corrected chi connectivity index (χ0v) is 5.75. The first-order valence-electron chi connectivity index (χ1n) is 2.53. The summed E-state index contributed by atoms with van der Waals surface area (Å²) in [5, 5.41) is 8.32. The first kappa shape index (κ1) is 8.90. The quantitative estimate of drug-likeness (QED) is 0.384. The molecule has 0 rings (SSSR count). The van der Waals surface area contributed by atoms with Gasteiger partial charge in [0.1, 0.15) is 0 Å². The maximum absolute atomic E-state index is 10.5. The molecule has 0 aliphatic carbocycles. The monoisotopic (exact) mass is 147 g/mol. The van der Waals surface area contributed by atoms with Crippen LogP contribution in [-0.4, -0.2) is 29.7 Å². The molecular formula is C5H9NO4. The molecule has 0 aromatic carbocycles. The summed E-state index contributed by atoms with van der Waals surface area (Å²) in [4.78, 5) is 20.7. The van der Waals surface area contributed by atoms with E-state index in [0.29, 0.717) is 0 Å². The van der Waals surface area contributed by atoms with Gasteiger partial charge in [0.2, 0.25) is 5.54 Å². The second kappa shape index (κ2) is 2.66. The first-order chi connectivity index (χ1) is 4.42. The predicted molar refractivity (Wildman–Crippen MR) is 32.2 cm³/mol. The lowest BCUT2D eigenvalue weighted by molar-refractivity contribution is -0.158. The molecule has 0 aromatic rings. The molecule has 5 heteroatoms. The summed E-state index contributed by atoms with van der Waals surface area (Å²) < 4.78 is 4.13. The topological polar surface area (TPSA) is 89.6 Å². The highest BCUT2D eigenvalue weighted by molar-refractivity contribution is 6.03. The number of rotatable bonds is 2. The highest BCUT2D eigenvalue weighted by Crippen LogP contribution is 2.00. The molecule has 0 radical (unpaired) electrons. The van der Waals surface area contributed by atoms with Crippen molar-refractivity contribution in [2.45, 2.75) is 12.5 Å². The number of hydrogen-bond donors (Lipinski definition) is 2. The molecule has 0 amide bonds. The van der Waals surface area contributed by atoms with E-state index < -0.39 is 17.5 Å². The zero-order chi connectivity index (χ0) is 8.36. The molecular weight excluding hydrogens is 138 g/mol. The molecule has 0 saturated heterocycles. The van der Waals surface area contributed by atoms with Crippen LogP contribution in [-0.2, 0) is 14.3 Å². The maximum Gasteiger partial charge on any atom is 0.337 e. The van der Waals surface area contributed by atoms with Crippen molar-refractivity contribution in [1.29, 1.82) is 0 Å². The van der Waals surface area contributed by atoms with E-state index in [1.165, 1.54) is 0 Å². The molecule has 0 bridgehead atoms. The molecule has 10 heavy (non-hydrogen) atoms. The van der Waals surface area contributed by atoms with Crippen molar-refractivity contribution >= 4 is 11.9 Å². The SMILES string of the molecule is COC(=O)C(C)(N)C(=O)O. The van der Waals surface area contributed by atoms with Crippen molar-refractivity contribution in [3.8, 4) is 0 Å². The van der Waals surface area contributed by atoms with Crippen LogP contribution in [0.4, 0.5) is 0 Å². The Labute approximate surface area is 57.8 Å². The summed E-state index contributed by atoms with van der Waals surface area (Å²) in [5.41, 5.74) is 3.10. The summed E-state index contributed by atoms with van der Waals surface area (Å²) in [6.45, 7) is 1.07. The number of nitrogens with two attached hydrogens (primary N) is 1. The van der Waals surface area contributed by atoms with E-state index in [1.54, 1.807) is 0 Å². The smallest absolute Gasteiger partial charge is 0.337 e. The van der Waals surface area contributed by atoms with Gasteiger partial charge in [-0.25, -0.2) is 9.59 Å². The number of esters is 1. The highest BCUT2D eigenvalue weighted by atomic mass is 16.5. The lowest BCUT2D eigenvalue weighted by Crippen LogP contribution is -2.52. The minimum Gasteiger partial charge on any atom is -0.479 e. The number of carbonyl (C=O) groups excluding carboxylic acids is 1. The number of ether oxygens (including phenoxy) is 1.